The lowest BCUT2D eigenvalue weighted by atomic mass is 10.2. The van der Waals surface area contributed by atoms with Gasteiger partial charge < -0.3 is 19.7 Å². The van der Waals surface area contributed by atoms with E-state index in [1.807, 2.05) is 18.2 Å². The van der Waals surface area contributed by atoms with Crippen LogP contribution in [0.25, 0.3) is 0 Å². The molecule has 5 heteroatoms. The number of guanidine groups is 1. The molecule has 1 atom stereocenters. The summed E-state index contributed by atoms with van der Waals surface area (Å²) >= 11 is 0. The molecular formula is C18H29N3O2. The predicted octanol–water partition coefficient (Wildman–Crippen LogP) is 2.66. The maximum atomic E-state index is 5.66. The lowest BCUT2D eigenvalue weighted by molar-refractivity contribution is 0.106. The van der Waals surface area contributed by atoms with E-state index in [1.165, 1.54) is 12.8 Å². The van der Waals surface area contributed by atoms with E-state index in [1.54, 1.807) is 7.11 Å². The van der Waals surface area contributed by atoms with E-state index in [9.17, 15) is 0 Å². The van der Waals surface area contributed by atoms with Crippen molar-refractivity contribution < 1.29 is 9.47 Å². The second kappa shape index (κ2) is 9.40. The van der Waals surface area contributed by atoms with Crippen molar-refractivity contribution in [3.8, 4) is 5.75 Å². The first-order valence-electron chi connectivity index (χ1n) is 8.47. The molecule has 0 amide bonds. The molecule has 1 saturated heterocycles. The molecule has 23 heavy (non-hydrogen) atoms. The number of rotatable bonds is 7. The highest BCUT2D eigenvalue weighted by atomic mass is 16.5. The van der Waals surface area contributed by atoms with Crippen molar-refractivity contribution in [1.82, 2.24) is 10.2 Å². The summed E-state index contributed by atoms with van der Waals surface area (Å²) < 4.78 is 11.1. The molecule has 0 aliphatic carbocycles. The molecule has 1 N–H and O–H groups in total. The highest BCUT2D eigenvalue weighted by Gasteiger charge is 2.15. The van der Waals surface area contributed by atoms with Crippen LogP contribution in [0.4, 0.5) is 0 Å². The number of ether oxygens (including phenoxy) is 2. The number of aliphatic imine (C=N–C) groups is 1. The Balaban J connectivity index is 1.94. The SMILES string of the molecule is CCNC(=NCCC1CCCO1)N(C)Cc1ccccc1OC. The highest BCUT2D eigenvalue weighted by molar-refractivity contribution is 5.79. The number of methoxy groups -OCH3 is 1. The zero-order valence-corrected chi connectivity index (χ0v) is 14.5. The van der Waals surface area contributed by atoms with Crippen LogP contribution in [-0.4, -0.2) is 50.8 Å². The van der Waals surface area contributed by atoms with Gasteiger partial charge in [0.05, 0.1) is 13.2 Å². The lowest BCUT2D eigenvalue weighted by Gasteiger charge is -2.23. The van der Waals surface area contributed by atoms with E-state index in [0.29, 0.717) is 6.10 Å². The van der Waals surface area contributed by atoms with Crippen molar-refractivity contribution in [2.24, 2.45) is 4.99 Å². The number of hydrogen-bond acceptors (Lipinski definition) is 3. The fourth-order valence-electron chi connectivity index (χ4n) is 2.82. The van der Waals surface area contributed by atoms with Gasteiger partial charge in [-0.05, 0) is 32.3 Å². The molecule has 0 radical (unpaired) electrons. The van der Waals surface area contributed by atoms with Crippen molar-refractivity contribution in [3.05, 3.63) is 29.8 Å². The first-order valence-corrected chi connectivity index (χ1v) is 8.47. The largest absolute Gasteiger partial charge is 0.496 e. The molecule has 1 aromatic rings. The molecule has 1 heterocycles. The van der Waals surface area contributed by atoms with Crippen molar-refractivity contribution in [2.75, 3.05) is 33.9 Å². The minimum atomic E-state index is 0.390. The maximum Gasteiger partial charge on any atom is 0.193 e. The van der Waals surface area contributed by atoms with Gasteiger partial charge in [-0.1, -0.05) is 18.2 Å². The Bertz CT molecular complexity index is 499. The number of hydrogen-bond donors (Lipinski definition) is 1. The van der Waals surface area contributed by atoms with Crippen molar-refractivity contribution in [1.29, 1.82) is 0 Å². The van der Waals surface area contributed by atoms with Crippen LogP contribution in [0.2, 0.25) is 0 Å². The van der Waals surface area contributed by atoms with Gasteiger partial charge in [-0.25, -0.2) is 0 Å². The summed E-state index contributed by atoms with van der Waals surface area (Å²) in [5, 5.41) is 3.36. The zero-order valence-electron chi connectivity index (χ0n) is 14.5. The second-order valence-corrected chi connectivity index (χ2v) is 5.83. The number of nitrogens with one attached hydrogen (secondary N) is 1. The number of benzene rings is 1. The average Bonchev–Trinajstić information content (AvgIpc) is 3.08. The Morgan fingerprint density at radius 2 is 2.26 bits per heavy atom. The van der Waals surface area contributed by atoms with Crippen LogP contribution in [-0.2, 0) is 11.3 Å². The van der Waals surface area contributed by atoms with Crippen LogP contribution in [0.5, 0.6) is 5.75 Å². The Hall–Kier alpha value is -1.75. The summed E-state index contributed by atoms with van der Waals surface area (Å²) in [4.78, 5) is 6.87. The zero-order chi connectivity index (χ0) is 16.5. The maximum absolute atomic E-state index is 5.66. The topological polar surface area (TPSA) is 46.1 Å². The summed E-state index contributed by atoms with van der Waals surface area (Å²) in [7, 11) is 3.76. The number of para-hydroxylation sites is 1. The van der Waals surface area contributed by atoms with E-state index in [4.69, 9.17) is 14.5 Å². The predicted molar refractivity (Wildman–Crippen MR) is 94.0 cm³/mol. The van der Waals surface area contributed by atoms with Gasteiger partial charge >= 0.3 is 0 Å². The Morgan fingerprint density at radius 3 is 2.96 bits per heavy atom. The molecule has 2 rings (SSSR count). The van der Waals surface area contributed by atoms with E-state index in [-0.39, 0.29) is 0 Å². The highest BCUT2D eigenvalue weighted by Crippen LogP contribution is 2.19. The standard InChI is InChI=1S/C18H29N3O2/c1-4-19-18(20-12-11-16-9-7-13-23-16)21(2)14-15-8-5-6-10-17(15)22-3/h5-6,8,10,16H,4,7,9,11-14H2,1-3H3,(H,19,20). The van der Waals surface area contributed by atoms with Gasteiger partial charge in [-0.15, -0.1) is 0 Å². The summed E-state index contributed by atoms with van der Waals surface area (Å²) in [5.74, 6) is 1.84. The Labute approximate surface area is 139 Å². The van der Waals surface area contributed by atoms with Crippen LogP contribution in [0, 0.1) is 0 Å². The van der Waals surface area contributed by atoms with Gasteiger partial charge in [0.15, 0.2) is 5.96 Å². The molecule has 1 aliphatic heterocycles. The van der Waals surface area contributed by atoms with E-state index >= 15 is 0 Å². The minimum absolute atomic E-state index is 0.390. The van der Waals surface area contributed by atoms with Gasteiger partial charge in [-0.2, -0.15) is 0 Å². The third-order valence-corrected chi connectivity index (χ3v) is 4.03. The fourth-order valence-corrected chi connectivity index (χ4v) is 2.82. The summed E-state index contributed by atoms with van der Waals surface area (Å²) in [6.45, 7) is 5.41. The van der Waals surface area contributed by atoms with E-state index in [0.717, 1.165) is 49.9 Å². The molecule has 1 aliphatic rings. The van der Waals surface area contributed by atoms with Crippen LogP contribution in [0.1, 0.15) is 31.7 Å². The van der Waals surface area contributed by atoms with Gasteiger partial charge in [0, 0.05) is 38.9 Å². The van der Waals surface area contributed by atoms with Crippen LogP contribution >= 0.6 is 0 Å². The molecule has 1 unspecified atom stereocenters. The van der Waals surface area contributed by atoms with E-state index in [2.05, 4.69) is 30.3 Å². The summed E-state index contributed by atoms with van der Waals surface area (Å²) in [6.07, 6.45) is 3.74. The molecule has 1 aromatic carbocycles. The van der Waals surface area contributed by atoms with Crippen molar-refractivity contribution in [3.63, 3.8) is 0 Å². The molecule has 0 bridgehead atoms. The molecular weight excluding hydrogens is 290 g/mol. The summed E-state index contributed by atoms with van der Waals surface area (Å²) in [6, 6.07) is 8.10. The average molecular weight is 319 g/mol. The second-order valence-electron chi connectivity index (χ2n) is 5.83. The van der Waals surface area contributed by atoms with Gasteiger partial charge in [-0.3, -0.25) is 4.99 Å². The number of nitrogens with zero attached hydrogens (tertiary/aromatic N) is 2. The van der Waals surface area contributed by atoms with Crippen molar-refractivity contribution >= 4 is 5.96 Å². The van der Waals surface area contributed by atoms with Gasteiger partial charge in [0.25, 0.3) is 0 Å². The van der Waals surface area contributed by atoms with Crippen molar-refractivity contribution in [2.45, 2.75) is 38.8 Å². The third-order valence-electron chi connectivity index (χ3n) is 4.03. The smallest absolute Gasteiger partial charge is 0.193 e. The molecule has 1 fully saturated rings. The van der Waals surface area contributed by atoms with Crippen LogP contribution in [0.3, 0.4) is 0 Å². The quantitative estimate of drug-likeness (QED) is 0.620. The Morgan fingerprint density at radius 1 is 1.43 bits per heavy atom. The van der Waals surface area contributed by atoms with Gasteiger partial charge in [0.2, 0.25) is 0 Å². The molecule has 0 saturated carbocycles. The first-order chi connectivity index (χ1) is 11.2. The third kappa shape index (κ3) is 5.43. The molecule has 0 aromatic heterocycles. The lowest BCUT2D eigenvalue weighted by Crippen LogP contribution is -2.38. The summed E-state index contributed by atoms with van der Waals surface area (Å²) in [5.41, 5.74) is 1.15. The van der Waals surface area contributed by atoms with Crippen LogP contribution in [0.15, 0.2) is 29.3 Å². The van der Waals surface area contributed by atoms with Gasteiger partial charge in [0.1, 0.15) is 5.75 Å². The van der Waals surface area contributed by atoms with Crippen LogP contribution < -0.4 is 10.1 Å². The fraction of sp³-hybridized carbons (Fsp3) is 0.611. The molecule has 5 nitrogen and oxygen atoms in total. The normalized spacial score (nSPS) is 18.0. The monoisotopic (exact) mass is 319 g/mol. The first kappa shape index (κ1) is 17.6. The molecule has 128 valence electrons. The Kier molecular flexibility index (Phi) is 7.20. The minimum Gasteiger partial charge on any atom is -0.496 e. The molecule has 0 spiro atoms. The van der Waals surface area contributed by atoms with E-state index < -0.39 is 0 Å².